The maximum Gasteiger partial charge on any atom is 0.302 e. The Balaban J connectivity index is 1.79. The number of fused-ring (bicyclic) bond motifs is 3. The molecule has 0 spiro atoms. The molecule has 3 saturated heterocycles. The summed E-state index contributed by atoms with van der Waals surface area (Å²) in [4.78, 5) is 22.7. The molecule has 0 aromatic carbocycles. The molecule has 0 radical (unpaired) electrons. The van der Waals surface area contributed by atoms with E-state index in [2.05, 4.69) is 5.32 Å². The molecule has 3 fully saturated rings. The summed E-state index contributed by atoms with van der Waals surface area (Å²) >= 11 is 0. The monoisotopic (exact) mass is 299 g/mol. The van der Waals surface area contributed by atoms with Crippen LogP contribution < -0.4 is 5.32 Å². The number of carbonyl (C=O) groups is 2. The number of amides is 1. The molecule has 1 unspecified atom stereocenters. The van der Waals surface area contributed by atoms with Crippen molar-refractivity contribution >= 4 is 11.9 Å². The van der Waals surface area contributed by atoms with Crippen LogP contribution in [-0.2, 0) is 28.5 Å². The Hall–Kier alpha value is -1.18. The van der Waals surface area contributed by atoms with Gasteiger partial charge in [0, 0.05) is 13.3 Å². The van der Waals surface area contributed by atoms with Crippen LogP contribution in [0.1, 0.15) is 33.6 Å². The van der Waals surface area contributed by atoms with Gasteiger partial charge >= 0.3 is 5.97 Å². The standard InChI is InChI=1S/C14H21NO6/c1-7(16)18-6-9-12-13(21-14(2,3)20-12)11-8(19-9)4-5-10(17)15-11/h8-9,11-13H,4-6H2,1-3H3,(H,15,17)/t8-,9?,11+,12+,13-/m1/s1. The number of rotatable bonds is 2. The van der Waals surface area contributed by atoms with Crippen LogP contribution >= 0.6 is 0 Å². The molecule has 3 rings (SSSR count). The molecule has 0 bridgehead atoms. The highest BCUT2D eigenvalue weighted by Crippen LogP contribution is 2.39. The van der Waals surface area contributed by atoms with Gasteiger partial charge < -0.3 is 24.3 Å². The number of ether oxygens (including phenoxy) is 4. The van der Waals surface area contributed by atoms with Crippen molar-refractivity contribution in [3.05, 3.63) is 0 Å². The van der Waals surface area contributed by atoms with Crippen LogP contribution in [0.5, 0.6) is 0 Å². The Kier molecular flexibility index (Phi) is 3.67. The summed E-state index contributed by atoms with van der Waals surface area (Å²) in [5, 5.41) is 2.94. The van der Waals surface area contributed by atoms with Crippen molar-refractivity contribution in [2.45, 2.75) is 69.9 Å². The van der Waals surface area contributed by atoms with Crippen LogP contribution in [0, 0.1) is 0 Å². The molecule has 7 nitrogen and oxygen atoms in total. The summed E-state index contributed by atoms with van der Waals surface area (Å²) < 4.78 is 22.9. The third kappa shape index (κ3) is 2.90. The van der Waals surface area contributed by atoms with Crippen LogP contribution in [-0.4, -0.2) is 54.7 Å². The molecule has 3 aliphatic heterocycles. The normalized spacial score (nSPS) is 40.9. The first kappa shape index (κ1) is 14.7. The number of hydrogen-bond acceptors (Lipinski definition) is 6. The molecule has 0 aromatic heterocycles. The SMILES string of the molecule is CC(=O)OCC1O[C@@H]2CCC(=O)N[C@@H]2[C@H]2OC(C)(C)O[C@@H]12. The first-order valence-electron chi connectivity index (χ1n) is 7.29. The molecular formula is C14H21NO6. The highest BCUT2D eigenvalue weighted by molar-refractivity contribution is 5.77. The van der Waals surface area contributed by atoms with Crippen LogP contribution in [0.3, 0.4) is 0 Å². The van der Waals surface area contributed by atoms with Gasteiger partial charge in [0.15, 0.2) is 5.79 Å². The fraction of sp³-hybridized carbons (Fsp3) is 0.857. The largest absolute Gasteiger partial charge is 0.463 e. The minimum atomic E-state index is -0.746. The van der Waals surface area contributed by atoms with E-state index in [1.54, 1.807) is 0 Å². The number of nitrogens with one attached hydrogen (secondary N) is 1. The lowest BCUT2D eigenvalue weighted by molar-refractivity contribution is -0.184. The average Bonchev–Trinajstić information content (AvgIpc) is 2.72. The first-order chi connectivity index (χ1) is 9.85. The summed E-state index contributed by atoms with van der Waals surface area (Å²) in [6, 6.07) is -0.216. The Morgan fingerprint density at radius 3 is 2.81 bits per heavy atom. The highest BCUT2D eigenvalue weighted by Gasteiger charge is 2.56. The van der Waals surface area contributed by atoms with E-state index in [4.69, 9.17) is 18.9 Å². The predicted octanol–water partition coefficient (Wildman–Crippen LogP) is 0.116. The third-order valence-electron chi connectivity index (χ3n) is 4.07. The van der Waals surface area contributed by atoms with E-state index in [1.807, 2.05) is 13.8 Å². The molecule has 0 aromatic rings. The molecule has 5 atom stereocenters. The first-order valence-corrected chi connectivity index (χ1v) is 7.29. The second-order valence-electron chi connectivity index (χ2n) is 6.21. The number of esters is 1. The van der Waals surface area contributed by atoms with Crippen molar-refractivity contribution in [2.24, 2.45) is 0 Å². The van der Waals surface area contributed by atoms with Crippen molar-refractivity contribution in [2.75, 3.05) is 6.61 Å². The van der Waals surface area contributed by atoms with Crippen LogP contribution in [0.4, 0.5) is 0 Å². The Labute approximate surface area is 123 Å². The minimum Gasteiger partial charge on any atom is -0.463 e. The average molecular weight is 299 g/mol. The highest BCUT2D eigenvalue weighted by atomic mass is 16.8. The molecule has 21 heavy (non-hydrogen) atoms. The molecular weight excluding hydrogens is 278 g/mol. The molecule has 1 amide bonds. The number of hydrogen-bond donors (Lipinski definition) is 1. The topological polar surface area (TPSA) is 83.1 Å². The van der Waals surface area contributed by atoms with Gasteiger partial charge in [0.1, 0.15) is 24.9 Å². The van der Waals surface area contributed by atoms with E-state index in [9.17, 15) is 9.59 Å². The fourth-order valence-corrected chi connectivity index (χ4v) is 3.27. The van der Waals surface area contributed by atoms with Crippen molar-refractivity contribution in [1.29, 1.82) is 0 Å². The zero-order chi connectivity index (χ0) is 15.2. The van der Waals surface area contributed by atoms with Gasteiger partial charge in [-0.1, -0.05) is 0 Å². The van der Waals surface area contributed by atoms with Crippen LogP contribution in [0.2, 0.25) is 0 Å². The molecule has 7 heteroatoms. The summed E-state index contributed by atoms with van der Waals surface area (Å²) in [5.41, 5.74) is 0. The fourth-order valence-electron chi connectivity index (χ4n) is 3.27. The van der Waals surface area contributed by atoms with Gasteiger partial charge in [-0.25, -0.2) is 0 Å². The lowest BCUT2D eigenvalue weighted by Gasteiger charge is -2.44. The Bertz CT molecular complexity index is 451. The van der Waals surface area contributed by atoms with E-state index < -0.39 is 5.79 Å². The number of piperidine rings is 1. The summed E-state index contributed by atoms with van der Waals surface area (Å²) in [7, 11) is 0. The number of carbonyl (C=O) groups excluding carboxylic acids is 2. The van der Waals surface area contributed by atoms with Crippen molar-refractivity contribution in [3.63, 3.8) is 0 Å². The van der Waals surface area contributed by atoms with Gasteiger partial charge in [-0.15, -0.1) is 0 Å². The Morgan fingerprint density at radius 2 is 2.10 bits per heavy atom. The summed E-state index contributed by atoms with van der Waals surface area (Å²) in [5.74, 6) is -1.10. The smallest absolute Gasteiger partial charge is 0.302 e. The van der Waals surface area contributed by atoms with Crippen molar-refractivity contribution in [1.82, 2.24) is 5.32 Å². The predicted molar refractivity (Wildman–Crippen MR) is 70.3 cm³/mol. The quantitative estimate of drug-likeness (QED) is 0.729. The summed E-state index contributed by atoms with van der Waals surface area (Å²) in [6.07, 6.45) is -0.0927. The minimum absolute atomic E-state index is 0.00495. The van der Waals surface area contributed by atoms with Crippen LogP contribution in [0.15, 0.2) is 0 Å². The van der Waals surface area contributed by atoms with Gasteiger partial charge in [-0.3, -0.25) is 9.59 Å². The zero-order valence-electron chi connectivity index (χ0n) is 12.5. The third-order valence-corrected chi connectivity index (χ3v) is 4.07. The molecule has 3 heterocycles. The Morgan fingerprint density at radius 1 is 1.38 bits per heavy atom. The van der Waals surface area contributed by atoms with E-state index in [0.29, 0.717) is 12.8 Å². The lowest BCUT2D eigenvalue weighted by atomic mass is 9.88. The molecule has 0 aliphatic carbocycles. The van der Waals surface area contributed by atoms with E-state index in [-0.39, 0.29) is 48.9 Å². The molecule has 3 aliphatic rings. The molecule has 1 N–H and O–H groups in total. The van der Waals surface area contributed by atoms with Crippen molar-refractivity contribution in [3.8, 4) is 0 Å². The van der Waals surface area contributed by atoms with Gasteiger partial charge in [0.05, 0.1) is 12.1 Å². The molecule has 0 saturated carbocycles. The maximum atomic E-state index is 11.6. The van der Waals surface area contributed by atoms with Crippen molar-refractivity contribution < 1.29 is 28.5 Å². The van der Waals surface area contributed by atoms with Gasteiger partial charge in [0.2, 0.25) is 5.91 Å². The van der Waals surface area contributed by atoms with Gasteiger partial charge in [0.25, 0.3) is 0 Å². The zero-order valence-corrected chi connectivity index (χ0v) is 12.5. The van der Waals surface area contributed by atoms with Gasteiger partial charge in [-0.05, 0) is 20.3 Å². The molecule has 118 valence electrons. The van der Waals surface area contributed by atoms with Gasteiger partial charge in [-0.2, -0.15) is 0 Å². The summed E-state index contributed by atoms with van der Waals surface area (Å²) in [6.45, 7) is 5.15. The van der Waals surface area contributed by atoms with E-state index in [0.717, 1.165) is 0 Å². The second kappa shape index (κ2) is 5.23. The second-order valence-corrected chi connectivity index (χ2v) is 6.21. The lowest BCUT2D eigenvalue weighted by Crippen LogP contribution is -2.65. The van der Waals surface area contributed by atoms with E-state index >= 15 is 0 Å². The van der Waals surface area contributed by atoms with Crippen LogP contribution in [0.25, 0.3) is 0 Å². The van der Waals surface area contributed by atoms with E-state index in [1.165, 1.54) is 6.92 Å². The maximum absolute atomic E-state index is 11.6.